The van der Waals surface area contributed by atoms with Crippen molar-refractivity contribution in [2.75, 3.05) is 6.54 Å². The third-order valence-corrected chi connectivity index (χ3v) is 3.98. The number of benzene rings is 1. The maximum atomic E-state index is 9.58. The van der Waals surface area contributed by atoms with Crippen molar-refractivity contribution in [2.45, 2.75) is 39.3 Å². The third-order valence-electron chi connectivity index (χ3n) is 3.98. The van der Waals surface area contributed by atoms with E-state index in [1.54, 1.807) is 6.07 Å². The molecule has 3 rings (SSSR count). The Balaban J connectivity index is 1.70. The van der Waals surface area contributed by atoms with Gasteiger partial charge in [-0.3, -0.25) is 4.90 Å². The average Bonchev–Trinajstić information content (AvgIpc) is 2.51. The lowest BCUT2D eigenvalue weighted by Crippen LogP contribution is -2.31. The highest BCUT2D eigenvalue weighted by Gasteiger charge is 2.18. The zero-order valence-corrected chi connectivity index (χ0v) is 12.8. The number of fused-ring (bicyclic) bond motifs is 1. The molecule has 2 aromatic rings. The quantitative estimate of drug-likeness (QED) is 0.848. The first kappa shape index (κ1) is 14.8. The molecule has 1 aliphatic heterocycles. The van der Waals surface area contributed by atoms with Crippen LogP contribution in [0.2, 0.25) is 0 Å². The van der Waals surface area contributed by atoms with Gasteiger partial charge in [-0.05, 0) is 24.1 Å². The van der Waals surface area contributed by atoms with Crippen LogP contribution in [0.1, 0.15) is 36.0 Å². The Bertz CT molecular complexity index is 673. The molecule has 1 aromatic heterocycles. The topological polar surface area (TPSA) is 69.5 Å². The molecule has 0 fully saturated rings. The lowest BCUT2D eigenvalue weighted by molar-refractivity contribution is 0.242. The van der Waals surface area contributed by atoms with Gasteiger partial charge in [0.15, 0.2) is 11.5 Å². The fraction of sp³-hybridized carbons (Fsp3) is 0.412. The predicted octanol–water partition coefficient (Wildman–Crippen LogP) is 2.40. The number of rotatable bonds is 4. The molecule has 1 aromatic carbocycles. The second-order valence-electron chi connectivity index (χ2n) is 5.79. The number of aromatic nitrogens is 2. The highest BCUT2D eigenvalue weighted by atomic mass is 16.3. The fourth-order valence-electron chi connectivity index (χ4n) is 2.82. The minimum absolute atomic E-state index is 0.0672. The van der Waals surface area contributed by atoms with E-state index in [1.165, 1.54) is 17.3 Å². The van der Waals surface area contributed by atoms with Crippen molar-refractivity contribution in [3.05, 3.63) is 47.0 Å². The average molecular weight is 299 g/mol. The molecule has 2 N–H and O–H groups in total. The van der Waals surface area contributed by atoms with Crippen LogP contribution in [0.5, 0.6) is 11.5 Å². The number of aryl methyl sites for hydroxylation is 1. The number of hydrogen-bond acceptors (Lipinski definition) is 5. The molecule has 2 heterocycles. The second kappa shape index (κ2) is 6.32. The zero-order chi connectivity index (χ0) is 15.5. The first-order valence-corrected chi connectivity index (χ1v) is 7.72. The van der Waals surface area contributed by atoms with Gasteiger partial charge in [0.05, 0.1) is 0 Å². The summed E-state index contributed by atoms with van der Waals surface area (Å²) in [6.45, 7) is 4.64. The molecular weight excluding hydrogens is 278 g/mol. The summed E-state index contributed by atoms with van der Waals surface area (Å²) in [5.74, 6) is 0.796. The van der Waals surface area contributed by atoms with Gasteiger partial charge in [0.1, 0.15) is 5.82 Å². The molecule has 0 atom stereocenters. The standard InChI is InChI=1S/C17H21N3O2/c1-2-3-17-18-9-13-11-20(7-6-14(13)19-17)10-12-4-5-15(21)16(22)8-12/h4-5,8-9,21-22H,2-3,6-7,10-11H2,1H3. The first-order valence-electron chi connectivity index (χ1n) is 7.72. The molecule has 5 nitrogen and oxygen atoms in total. The normalized spacial score (nSPS) is 14.8. The van der Waals surface area contributed by atoms with Gasteiger partial charge < -0.3 is 10.2 Å². The number of nitrogens with zero attached hydrogens (tertiary/aromatic N) is 3. The Labute approximate surface area is 130 Å². The van der Waals surface area contributed by atoms with Crippen molar-refractivity contribution in [2.24, 2.45) is 0 Å². The van der Waals surface area contributed by atoms with Crippen LogP contribution in [-0.2, 0) is 25.9 Å². The lowest BCUT2D eigenvalue weighted by atomic mass is 10.1. The molecule has 0 saturated carbocycles. The van der Waals surface area contributed by atoms with Gasteiger partial charge in [0.2, 0.25) is 0 Å². The highest BCUT2D eigenvalue weighted by Crippen LogP contribution is 2.26. The van der Waals surface area contributed by atoms with Gasteiger partial charge in [0.25, 0.3) is 0 Å². The van der Waals surface area contributed by atoms with E-state index < -0.39 is 0 Å². The first-order chi connectivity index (χ1) is 10.7. The molecule has 5 heteroatoms. The molecular formula is C17H21N3O2. The van der Waals surface area contributed by atoms with Gasteiger partial charge in [-0.15, -0.1) is 0 Å². The van der Waals surface area contributed by atoms with Crippen LogP contribution >= 0.6 is 0 Å². The van der Waals surface area contributed by atoms with Gasteiger partial charge in [-0.25, -0.2) is 9.97 Å². The molecule has 0 bridgehead atoms. The van der Waals surface area contributed by atoms with Crippen molar-refractivity contribution in [1.29, 1.82) is 0 Å². The monoisotopic (exact) mass is 299 g/mol. The molecule has 0 radical (unpaired) electrons. The van der Waals surface area contributed by atoms with E-state index in [0.29, 0.717) is 0 Å². The smallest absolute Gasteiger partial charge is 0.157 e. The van der Waals surface area contributed by atoms with E-state index >= 15 is 0 Å². The molecule has 0 aliphatic carbocycles. The molecule has 116 valence electrons. The Hall–Kier alpha value is -2.14. The van der Waals surface area contributed by atoms with Crippen LogP contribution in [0, 0.1) is 0 Å². The van der Waals surface area contributed by atoms with E-state index in [-0.39, 0.29) is 11.5 Å². The van der Waals surface area contributed by atoms with E-state index in [4.69, 9.17) is 0 Å². The summed E-state index contributed by atoms with van der Waals surface area (Å²) in [4.78, 5) is 11.4. The van der Waals surface area contributed by atoms with Gasteiger partial charge >= 0.3 is 0 Å². The third kappa shape index (κ3) is 3.20. The molecule has 0 amide bonds. The van der Waals surface area contributed by atoms with Crippen LogP contribution in [0.15, 0.2) is 24.4 Å². The van der Waals surface area contributed by atoms with Crippen LogP contribution in [0.3, 0.4) is 0 Å². The number of phenolic OH excluding ortho intramolecular Hbond substituents is 2. The predicted molar refractivity (Wildman–Crippen MR) is 83.6 cm³/mol. The SMILES string of the molecule is CCCc1ncc2c(n1)CCN(Cc1ccc(O)c(O)c1)C2. The van der Waals surface area contributed by atoms with Crippen molar-refractivity contribution in [1.82, 2.24) is 14.9 Å². The number of phenols is 2. The summed E-state index contributed by atoms with van der Waals surface area (Å²) in [5, 5.41) is 18.9. The highest BCUT2D eigenvalue weighted by molar-refractivity contribution is 5.40. The van der Waals surface area contributed by atoms with Crippen molar-refractivity contribution >= 4 is 0 Å². The molecule has 1 aliphatic rings. The Morgan fingerprint density at radius 1 is 1.23 bits per heavy atom. The number of hydrogen-bond donors (Lipinski definition) is 2. The summed E-state index contributed by atoms with van der Waals surface area (Å²) in [6, 6.07) is 4.99. The summed E-state index contributed by atoms with van der Waals surface area (Å²) in [7, 11) is 0. The van der Waals surface area contributed by atoms with Crippen LogP contribution in [-0.4, -0.2) is 31.6 Å². The largest absolute Gasteiger partial charge is 0.504 e. The maximum absolute atomic E-state index is 9.58. The van der Waals surface area contributed by atoms with Crippen LogP contribution in [0.4, 0.5) is 0 Å². The van der Waals surface area contributed by atoms with Crippen molar-refractivity contribution in [3.63, 3.8) is 0 Å². The second-order valence-corrected chi connectivity index (χ2v) is 5.79. The Morgan fingerprint density at radius 2 is 2.09 bits per heavy atom. The van der Waals surface area contributed by atoms with E-state index in [2.05, 4.69) is 21.8 Å². The summed E-state index contributed by atoms with van der Waals surface area (Å²) >= 11 is 0. The number of aromatic hydroxyl groups is 2. The molecule has 22 heavy (non-hydrogen) atoms. The van der Waals surface area contributed by atoms with E-state index in [9.17, 15) is 10.2 Å². The van der Waals surface area contributed by atoms with Crippen molar-refractivity contribution < 1.29 is 10.2 Å². The van der Waals surface area contributed by atoms with Crippen LogP contribution < -0.4 is 0 Å². The maximum Gasteiger partial charge on any atom is 0.157 e. The van der Waals surface area contributed by atoms with Gasteiger partial charge in [0, 0.05) is 49.9 Å². The van der Waals surface area contributed by atoms with Crippen LogP contribution in [0.25, 0.3) is 0 Å². The molecule has 0 saturated heterocycles. The Morgan fingerprint density at radius 3 is 2.86 bits per heavy atom. The fourth-order valence-corrected chi connectivity index (χ4v) is 2.82. The molecule has 0 spiro atoms. The molecule has 0 unspecified atom stereocenters. The van der Waals surface area contributed by atoms with Gasteiger partial charge in [-0.2, -0.15) is 0 Å². The zero-order valence-electron chi connectivity index (χ0n) is 12.8. The van der Waals surface area contributed by atoms with Crippen molar-refractivity contribution in [3.8, 4) is 11.5 Å². The summed E-state index contributed by atoms with van der Waals surface area (Å²) in [5.41, 5.74) is 3.35. The van der Waals surface area contributed by atoms with E-state index in [0.717, 1.165) is 50.3 Å². The minimum atomic E-state index is -0.0791. The lowest BCUT2D eigenvalue weighted by Gasteiger charge is -2.28. The summed E-state index contributed by atoms with van der Waals surface area (Å²) in [6.07, 6.45) is 4.88. The summed E-state index contributed by atoms with van der Waals surface area (Å²) < 4.78 is 0. The van der Waals surface area contributed by atoms with Gasteiger partial charge in [-0.1, -0.05) is 13.0 Å². The minimum Gasteiger partial charge on any atom is -0.504 e. The Kier molecular flexibility index (Phi) is 4.24. The van der Waals surface area contributed by atoms with E-state index in [1.807, 2.05) is 12.3 Å².